The van der Waals surface area contributed by atoms with Crippen LogP contribution in [0.2, 0.25) is 0 Å². The molecule has 0 amide bonds. The monoisotopic (exact) mass is 274 g/mol. The van der Waals surface area contributed by atoms with Crippen LogP contribution in [0.4, 0.5) is 0 Å². The molecule has 0 aliphatic heterocycles. The minimum Gasteiger partial charge on any atom is -0.388 e. The summed E-state index contributed by atoms with van der Waals surface area (Å²) in [5, 5.41) is 9.74. The first kappa shape index (κ1) is 12.4. The van der Waals surface area contributed by atoms with Gasteiger partial charge in [0.1, 0.15) is 0 Å². The van der Waals surface area contributed by atoms with E-state index in [0.29, 0.717) is 16.2 Å². The quantitative estimate of drug-likeness (QED) is 0.915. The molecule has 2 aromatic rings. The van der Waals surface area contributed by atoms with Gasteiger partial charge in [0.05, 0.1) is 15.9 Å². The van der Waals surface area contributed by atoms with E-state index in [1.165, 1.54) is 0 Å². The Balaban J connectivity index is 2.09. The van der Waals surface area contributed by atoms with Crippen LogP contribution < -0.4 is 0 Å². The SMILES string of the molecule is O=S(=O)(c1ccccc1)c1ccc2c(c1)CCC2O. The van der Waals surface area contributed by atoms with Crippen LogP contribution in [0, 0.1) is 0 Å². The maximum Gasteiger partial charge on any atom is 0.206 e. The third-order valence-electron chi connectivity index (χ3n) is 3.52. The number of benzene rings is 2. The summed E-state index contributed by atoms with van der Waals surface area (Å²) < 4.78 is 24.9. The largest absolute Gasteiger partial charge is 0.388 e. The van der Waals surface area contributed by atoms with E-state index in [4.69, 9.17) is 0 Å². The maximum atomic E-state index is 12.5. The molecule has 0 saturated carbocycles. The van der Waals surface area contributed by atoms with Crippen LogP contribution in [-0.2, 0) is 16.3 Å². The van der Waals surface area contributed by atoms with Crippen molar-refractivity contribution in [3.63, 3.8) is 0 Å². The number of fused-ring (bicyclic) bond motifs is 1. The second-order valence-corrected chi connectivity index (χ2v) is 6.68. The zero-order valence-electron chi connectivity index (χ0n) is 10.3. The molecular weight excluding hydrogens is 260 g/mol. The summed E-state index contributed by atoms with van der Waals surface area (Å²) in [7, 11) is -3.46. The fourth-order valence-electron chi connectivity index (χ4n) is 2.47. The van der Waals surface area contributed by atoms with Gasteiger partial charge >= 0.3 is 0 Å². The molecule has 2 aromatic carbocycles. The Morgan fingerprint density at radius 1 is 1.00 bits per heavy atom. The first-order chi connectivity index (χ1) is 9.09. The van der Waals surface area contributed by atoms with E-state index in [9.17, 15) is 13.5 Å². The van der Waals surface area contributed by atoms with Crippen molar-refractivity contribution in [2.45, 2.75) is 28.7 Å². The highest BCUT2D eigenvalue weighted by molar-refractivity contribution is 7.91. The van der Waals surface area contributed by atoms with Crippen LogP contribution in [0.25, 0.3) is 0 Å². The second-order valence-electron chi connectivity index (χ2n) is 4.73. The molecule has 98 valence electrons. The standard InChI is InChI=1S/C15H14O3S/c16-15-9-6-11-10-13(7-8-14(11)15)19(17,18)12-4-2-1-3-5-12/h1-5,7-8,10,15-16H,6,9H2. The van der Waals surface area contributed by atoms with Gasteiger partial charge in [-0.25, -0.2) is 8.42 Å². The number of sulfone groups is 1. The van der Waals surface area contributed by atoms with Gasteiger partial charge in [-0.15, -0.1) is 0 Å². The Kier molecular flexibility index (Phi) is 2.92. The summed E-state index contributed by atoms with van der Waals surface area (Å²) in [5.74, 6) is 0. The lowest BCUT2D eigenvalue weighted by molar-refractivity contribution is 0.180. The molecule has 1 aliphatic rings. The van der Waals surface area contributed by atoms with Gasteiger partial charge in [0.25, 0.3) is 0 Å². The molecule has 0 spiro atoms. The predicted molar refractivity (Wildman–Crippen MR) is 71.6 cm³/mol. The molecule has 4 heteroatoms. The molecule has 0 heterocycles. The third kappa shape index (κ3) is 2.07. The molecule has 1 aliphatic carbocycles. The Labute approximate surface area is 112 Å². The topological polar surface area (TPSA) is 54.4 Å². The van der Waals surface area contributed by atoms with Gasteiger partial charge in [0.15, 0.2) is 0 Å². The highest BCUT2D eigenvalue weighted by atomic mass is 32.2. The van der Waals surface area contributed by atoms with Crippen LogP contribution in [-0.4, -0.2) is 13.5 Å². The van der Waals surface area contributed by atoms with Crippen molar-refractivity contribution in [2.24, 2.45) is 0 Å². The maximum absolute atomic E-state index is 12.5. The molecule has 1 unspecified atom stereocenters. The fraction of sp³-hybridized carbons (Fsp3) is 0.200. The Morgan fingerprint density at radius 2 is 1.74 bits per heavy atom. The Bertz CT molecular complexity index is 705. The molecule has 0 fully saturated rings. The summed E-state index contributed by atoms with van der Waals surface area (Å²) in [6, 6.07) is 13.4. The molecular formula is C15H14O3S. The second kappa shape index (κ2) is 4.47. The normalized spacial score (nSPS) is 18.3. The number of rotatable bonds is 2. The van der Waals surface area contributed by atoms with Gasteiger partial charge in [0, 0.05) is 0 Å². The van der Waals surface area contributed by atoms with Gasteiger partial charge in [-0.3, -0.25) is 0 Å². The molecule has 3 nitrogen and oxygen atoms in total. The molecule has 1 atom stereocenters. The van der Waals surface area contributed by atoms with Crippen molar-refractivity contribution >= 4 is 9.84 Å². The summed E-state index contributed by atoms with van der Waals surface area (Å²) in [5.41, 5.74) is 1.79. The highest BCUT2D eigenvalue weighted by Gasteiger charge is 2.24. The molecule has 0 bridgehead atoms. The van der Waals surface area contributed by atoms with Crippen LogP contribution >= 0.6 is 0 Å². The summed E-state index contributed by atoms with van der Waals surface area (Å²) in [6.07, 6.45) is 0.946. The zero-order chi connectivity index (χ0) is 13.5. The number of hydrogen-bond donors (Lipinski definition) is 1. The summed E-state index contributed by atoms with van der Waals surface area (Å²) in [6.45, 7) is 0. The first-order valence-electron chi connectivity index (χ1n) is 6.20. The van der Waals surface area contributed by atoms with Crippen molar-refractivity contribution in [1.82, 2.24) is 0 Å². The van der Waals surface area contributed by atoms with Gasteiger partial charge in [-0.2, -0.15) is 0 Å². The minimum atomic E-state index is -3.46. The van der Waals surface area contributed by atoms with Crippen molar-refractivity contribution in [2.75, 3.05) is 0 Å². The minimum absolute atomic E-state index is 0.298. The van der Waals surface area contributed by atoms with E-state index in [2.05, 4.69) is 0 Å². The van der Waals surface area contributed by atoms with Crippen molar-refractivity contribution in [3.8, 4) is 0 Å². The molecule has 0 radical (unpaired) electrons. The Morgan fingerprint density at radius 3 is 2.47 bits per heavy atom. The van der Waals surface area contributed by atoms with E-state index in [0.717, 1.165) is 17.5 Å². The van der Waals surface area contributed by atoms with E-state index >= 15 is 0 Å². The number of aliphatic hydroxyl groups excluding tert-OH is 1. The fourth-order valence-corrected chi connectivity index (χ4v) is 3.81. The average molecular weight is 274 g/mol. The van der Waals surface area contributed by atoms with Gasteiger partial charge < -0.3 is 5.11 Å². The van der Waals surface area contributed by atoms with E-state index in [-0.39, 0.29) is 0 Å². The lowest BCUT2D eigenvalue weighted by atomic mass is 10.1. The van der Waals surface area contributed by atoms with Crippen LogP contribution in [0.15, 0.2) is 58.3 Å². The highest BCUT2D eigenvalue weighted by Crippen LogP contribution is 2.33. The number of aryl methyl sites for hydroxylation is 1. The van der Waals surface area contributed by atoms with Crippen molar-refractivity contribution in [1.29, 1.82) is 0 Å². The van der Waals surface area contributed by atoms with E-state index in [1.54, 1.807) is 48.5 Å². The molecule has 1 N–H and O–H groups in total. The lowest BCUT2D eigenvalue weighted by Gasteiger charge is -2.08. The smallest absolute Gasteiger partial charge is 0.206 e. The first-order valence-corrected chi connectivity index (χ1v) is 7.68. The predicted octanol–water partition coefficient (Wildman–Crippen LogP) is 2.50. The molecule has 3 rings (SSSR count). The third-order valence-corrected chi connectivity index (χ3v) is 5.29. The van der Waals surface area contributed by atoms with Crippen LogP contribution in [0.3, 0.4) is 0 Å². The number of aliphatic hydroxyl groups is 1. The van der Waals surface area contributed by atoms with Gasteiger partial charge in [-0.1, -0.05) is 24.3 Å². The van der Waals surface area contributed by atoms with Gasteiger partial charge in [-0.05, 0) is 48.2 Å². The van der Waals surface area contributed by atoms with Crippen molar-refractivity contribution < 1.29 is 13.5 Å². The average Bonchev–Trinajstić information content (AvgIpc) is 2.81. The molecule has 0 saturated heterocycles. The van der Waals surface area contributed by atoms with Crippen molar-refractivity contribution in [3.05, 3.63) is 59.7 Å². The van der Waals surface area contributed by atoms with Crippen LogP contribution in [0.1, 0.15) is 23.7 Å². The van der Waals surface area contributed by atoms with E-state index in [1.807, 2.05) is 0 Å². The number of hydrogen-bond acceptors (Lipinski definition) is 3. The Hall–Kier alpha value is -1.65. The summed E-state index contributed by atoms with van der Waals surface area (Å²) >= 11 is 0. The summed E-state index contributed by atoms with van der Waals surface area (Å²) in [4.78, 5) is 0.597. The molecule has 19 heavy (non-hydrogen) atoms. The zero-order valence-corrected chi connectivity index (χ0v) is 11.1. The van der Waals surface area contributed by atoms with E-state index < -0.39 is 15.9 Å². The van der Waals surface area contributed by atoms with Crippen LogP contribution in [0.5, 0.6) is 0 Å². The molecule has 0 aromatic heterocycles. The lowest BCUT2D eigenvalue weighted by Crippen LogP contribution is -2.03. The van der Waals surface area contributed by atoms with Gasteiger partial charge in [0.2, 0.25) is 9.84 Å².